The number of carbonyl (C=O) groups is 2. The smallest absolute Gasteiger partial charge is 0.345 e. The molecular weight excluding hydrogens is 394 g/mol. The van der Waals surface area contributed by atoms with Crippen molar-refractivity contribution in [2.24, 2.45) is 35.3 Å². The SMILES string of the molecule is CC(C)CSC[C@H](OC(=O)[C@H](C)CS)C(=O)O.NC12CC3CC(CC(C3)C1)C2. The van der Waals surface area contributed by atoms with Crippen molar-refractivity contribution in [3.63, 3.8) is 0 Å². The van der Waals surface area contributed by atoms with E-state index in [1.807, 2.05) is 0 Å². The number of rotatable bonds is 8. The highest BCUT2D eigenvalue weighted by atomic mass is 32.2. The molecule has 5 nitrogen and oxygen atoms in total. The summed E-state index contributed by atoms with van der Waals surface area (Å²) in [6.07, 6.45) is 7.51. The fraction of sp³-hybridized carbons (Fsp3) is 0.905. The number of carboxylic acid groups (broad SMARTS) is 1. The number of esters is 1. The molecule has 0 aromatic carbocycles. The lowest BCUT2D eigenvalue weighted by Crippen LogP contribution is -2.55. The number of hydrogen-bond donors (Lipinski definition) is 3. The van der Waals surface area contributed by atoms with Gasteiger partial charge >= 0.3 is 11.9 Å². The Morgan fingerprint density at radius 2 is 1.61 bits per heavy atom. The molecule has 0 spiro atoms. The van der Waals surface area contributed by atoms with Gasteiger partial charge in [-0.1, -0.05) is 20.8 Å². The number of nitrogens with two attached hydrogens (primary N) is 1. The van der Waals surface area contributed by atoms with E-state index >= 15 is 0 Å². The van der Waals surface area contributed by atoms with E-state index in [1.165, 1.54) is 50.3 Å². The highest BCUT2D eigenvalue weighted by Crippen LogP contribution is 2.54. The van der Waals surface area contributed by atoms with Crippen molar-refractivity contribution in [3.8, 4) is 0 Å². The van der Waals surface area contributed by atoms with Crippen molar-refractivity contribution in [3.05, 3.63) is 0 Å². The van der Waals surface area contributed by atoms with Crippen LogP contribution in [-0.2, 0) is 14.3 Å². The second-order valence-electron chi connectivity index (χ2n) is 9.56. The van der Waals surface area contributed by atoms with E-state index < -0.39 is 18.0 Å². The highest BCUT2D eigenvalue weighted by Gasteiger charge is 2.48. The topological polar surface area (TPSA) is 89.6 Å². The molecule has 0 saturated heterocycles. The zero-order valence-corrected chi connectivity index (χ0v) is 19.1. The number of carboxylic acids is 1. The monoisotopic (exact) mass is 431 g/mol. The fourth-order valence-electron chi connectivity index (χ4n) is 5.08. The summed E-state index contributed by atoms with van der Waals surface area (Å²) in [7, 11) is 0. The van der Waals surface area contributed by atoms with Gasteiger partial charge in [0, 0.05) is 17.0 Å². The predicted octanol–water partition coefficient (Wildman–Crippen LogP) is 3.85. The van der Waals surface area contributed by atoms with Crippen molar-refractivity contribution < 1.29 is 19.4 Å². The Hall–Kier alpha value is -0.400. The predicted molar refractivity (Wildman–Crippen MR) is 118 cm³/mol. The van der Waals surface area contributed by atoms with Gasteiger partial charge in [-0.15, -0.1) is 0 Å². The molecule has 0 heterocycles. The van der Waals surface area contributed by atoms with Gasteiger partial charge in [0.25, 0.3) is 0 Å². The van der Waals surface area contributed by atoms with Crippen LogP contribution in [-0.4, -0.2) is 45.9 Å². The van der Waals surface area contributed by atoms with Gasteiger partial charge in [0.05, 0.1) is 5.92 Å². The molecule has 0 aromatic heterocycles. The van der Waals surface area contributed by atoms with Crippen molar-refractivity contribution >= 4 is 36.3 Å². The third-order valence-corrected chi connectivity index (χ3v) is 8.00. The van der Waals surface area contributed by atoms with E-state index in [9.17, 15) is 9.59 Å². The molecule has 4 saturated carbocycles. The van der Waals surface area contributed by atoms with Gasteiger partial charge in [0.2, 0.25) is 6.10 Å². The van der Waals surface area contributed by atoms with Crippen LogP contribution in [0.4, 0.5) is 0 Å². The summed E-state index contributed by atoms with van der Waals surface area (Å²) in [5.74, 6) is 3.06. The minimum Gasteiger partial charge on any atom is -0.478 e. The molecule has 3 N–H and O–H groups in total. The average molecular weight is 432 g/mol. The number of ether oxygens (including phenoxy) is 1. The first kappa shape index (κ1) is 23.9. The number of hydrogen-bond acceptors (Lipinski definition) is 6. The Labute approximate surface area is 179 Å². The first-order chi connectivity index (χ1) is 13.1. The number of thioether (sulfide) groups is 1. The third kappa shape index (κ3) is 7.13. The molecule has 0 unspecified atom stereocenters. The Balaban J connectivity index is 0.000000215. The van der Waals surface area contributed by atoms with Crippen LogP contribution in [0.5, 0.6) is 0 Å². The van der Waals surface area contributed by atoms with Crippen molar-refractivity contribution in [2.75, 3.05) is 17.3 Å². The summed E-state index contributed by atoms with van der Waals surface area (Å²) >= 11 is 5.45. The summed E-state index contributed by atoms with van der Waals surface area (Å²) in [6, 6.07) is 0. The Bertz CT molecular complexity index is 505. The molecule has 2 atom stereocenters. The fourth-order valence-corrected chi connectivity index (χ4v) is 6.26. The van der Waals surface area contributed by atoms with Crippen LogP contribution in [0.3, 0.4) is 0 Å². The largest absolute Gasteiger partial charge is 0.478 e. The van der Waals surface area contributed by atoms with E-state index in [2.05, 4.69) is 26.5 Å². The minimum absolute atomic E-state index is 0.290. The summed E-state index contributed by atoms with van der Waals surface area (Å²) in [4.78, 5) is 22.4. The average Bonchev–Trinajstić information content (AvgIpc) is 2.58. The lowest BCUT2D eigenvalue weighted by atomic mass is 9.53. The number of aliphatic carboxylic acids is 1. The van der Waals surface area contributed by atoms with Crippen molar-refractivity contribution in [2.45, 2.75) is 70.9 Å². The second-order valence-corrected chi connectivity index (χ2v) is 11.0. The Morgan fingerprint density at radius 3 is 1.96 bits per heavy atom. The molecule has 0 aliphatic heterocycles. The lowest BCUT2D eigenvalue weighted by molar-refractivity contribution is -0.164. The van der Waals surface area contributed by atoms with Gasteiger partial charge in [-0.05, 0) is 67.9 Å². The summed E-state index contributed by atoms with van der Waals surface area (Å²) < 4.78 is 4.94. The second kappa shape index (κ2) is 10.6. The standard InChI is InChI=1S/C11H20O4S2.C10H17N/c1-7(2)5-17-6-9(10(12)13)15-11(14)8(3)4-16;11-10-4-7-1-8(5-10)3-9(2-7)6-10/h7-9,16H,4-6H2,1-3H3,(H,12,13);7-9H,1-6,11H2/t8-,9+;/m1./s1. The molecule has 0 aromatic rings. The Morgan fingerprint density at radius 1 is 1.11 bits per heavy atom. The molecule has 4 bridgehead atoms. The van der Waals surface area contributed by atoms with Crippen molar-refractivity contribution in [1.82, 2.24) is 0 Å². The molecule has 162 valence electrons. The van der Waals surface area contributed by atoms with Gasteiger partial charge in [0.1, 0.15) is 0 Å². The molecule has 4 aliphatic carbocycles. The molecule has 0 amide bonds. The molecule has 0 radical (unpaired) electrons. The lowest BCUT2D eigenvalue weighted by Gasteiger charge is -2.55. The molecule has 4 rings (SSSR count). The molecule has 4 aliphatic rings. The van der Waals surface area contributed by atoms with Crippen LogP contribution in [0.25, 0.3) is 0 Å². The third-order valence-electron chi connectivity index (χ3n) is 6.02. The maximum atomic E-state index is 11.4. The number of thiol groups is 1. The first-order valence-corrected chi connectivity index (χ1v) is 12.3. The van der Waals surface area contributed by atoms with Gasteiger partial charge < -0.3 is 15.6 Å². The molecule has 28 heavy (non-hydrogen) atoms. The summed E-state index contributed by atoms with van der Waals surface area (Å²) in [6.45, 7) is 5.77. The van der Waals surface area contributed by atoms with E-state index in [-0.39, 0.29) is 5.92 Å². The van der Waals surface area contributed by atoms with Crippen LogP contribution < -0.4 is 5.73 Å². The van der Waals surface area contributed by atoms with Crippen LogP contribution in [0, 0.1) is 29.6 Å². The maximum Gasteiger partial charge on any atom is 0.345 e. The van der Waals surface area contributed by atoms with Crippen LogP contribution >= 0.6 is 24.4 Å². The quantitative estimate of drug-likeness (QED) is 0.399. The Kier molecular flexibility index (Phi) is 9.02. The van der Waals surface area contributed by atoms with Crippen LogP contribution in [0.2, 0.25) is 0 Å². The maximum absolute atomic E-state index is 11.4. The summed E-state index contributed by atoms with van der Waals surface area (Å²) in [5.41, 5.74) is 6.62. The molecule has 7 heteroatoms. The van der Waals surface area contributed by atoms with E-state index in [4.69, 9.17) is 15.6 Å². The summed E-state index contributed by atoms with van der Waals surface area (Å²) in [5, 5.41) is 8.93. The van der Waals surface area contributed by atoms with Crippen molar-refractivity contribution in [1.29, 1.82) is 0 Å². The molecule has 4 fully saturated rings. The van der Waals surface area contributed by atoms with E-state index in [0.29, 0.717) is 23.0 Å². The van der Waals surface area contributed by atoms with Gasteiger partial charge in [-0.25, -0.2) is 4.79 Å². The van der Waals surface area contributed by atoms with Crippen LogP contribution in [0.15, 0.2) is 0 Å². The minimum atomic E-state index is -1.10. The van der Waals surface area contributed by atoms with Gasteiger partial charge in [-0.2, -0.15) is 24.4 Å². The van der Waals surface area contributed by atoms with E-state index in [1.54, 1.807) is 6.92 Å². The van der Waals surface area contributed by atoms with Gasteiger partial charge in [0.15, 0.2) is 0 Å². The van der Waals surface area contributed by atoms with Gasteiger partial charge in [-0.3, -0.25) is 4.79 Å². The number of carbonyl (C=O) groups excluding carboxylic acids is 1. The highest BCUT2D eigenvalue weighted by molar-refractivity contribution is 7.99. The first-order valence-electron chi connectivity index (χ1n) is 10.5. The van der Waals surface area contributed by atoms with Crippen LogP contribution in [0.1, 0.15) is 59.3 Å². The normalized spacial score (nSPS) is 32.4. The zero-order valence-electron chi connectivity index (χ0n) is 17.4. The molecular formula is C21H37NO4S2. The zero-order chi connectivity index (χ0) is 20.9. The van der Waals surface area contributed by atoms with E-state index in [0.717, 1.165) is 23.5 Å².